The van der Waals surface area contributed by atoms with Gasteiger partial charge in [-0.15, -0.1) is 0 Å². The third kappa shape index (κ3) is 4.70. The topological polar surface area (TPSA) is 51.1 Å². The number of aromatic hydroxyl groups is 1. The first-order chi connectivity index (χ1) is 12.6. The molecule has 0 aliphatic carbocycles. The number of phenolic OH excluding ortho intramolecular Hbond substituents is 1. The van der Waals surface area contributed by atoms with E-state index in [0.29, 0.717) is 12.3 Å². The Morgan fingerprint density at radius 3 is 2.54 bits per heavy atom. The predicted molar refractivity (Wildman–Crippen MR) is 108 cm³/mol. The van der Waals surface area contributed by atoms with E-state index >= 15 is 0 Å². The molecule has 0 saturated carbocycles. The Bertz CT molecular complexity index is 614. The van der Waals surface area contributed by atoms with E-state index in [4.69, 9.17) is 4.99 Å². The van der Waals surface area contributed by atoms with Crippen LogP contribution < -0.4 is 5.32 Å². The van der Waals surface area contributed by atoms with Crippen LogP contribution in [0.15, 0.2) is 17.1 Å². The quantitative estimate of drug-likeness (QED) is 0.628. The van der Waals surface area contributed by atoms with Crippen molar-refractivity contribution < 1.29 is 5.11 Å². The van der Waals surface area contributed by atoms with Crippen molar-refractivity contribution in [1.29, 1.82) is 0 Å². The van der Waals surface area contributed by atoms with E-state index in [1.807, 2.05) is 26.0 Å². The minimum Gasteiger partial charge on any atom is -0.507 e. The van der Waals surface area contributed by atoms with Crippen molar-refractivity contribution in [3.8, 4) is 5.75 Å². The lowest BCUT2D eigenvalue weighted by Gasteiger charge is -2.23. The molecule has 3 rings (SSSR count). The van der Waals surface area contributed by atoms with Gasteiger partial charge in [-0.1, -0.05) is 12.1 Å². The summed E-state index contributed by atoms with van der Waals surface area (Å²) in [5.41, 5.74) is 3.00. The number of rotatable bonds is 5. The molecule has 0 spiro atoms. The number of guanidine groups is 1. The molecule has 0 radical (unpaired) electrons. The molecule has 1 atom stereocenters. The van der Waals surface area contributed by atoms with Crippen molar-refractivity contribution in [3.05, 3.63) is 28.8 Å². The Labute approximate surface area is 158 Å². The molecule has 2 saturated heterocycles. The van der Waals surface area contributed by atoms with Crippen LogP contribution in [0.3, 0.4) is 0 Å². The van der Waals surface area contributed by atoms with Gasteiger partial charge in [-0.2, -0.15) is 0 Å². The Morgan fingerprint density at radius 2 is 1.88 bits per heavy atom. The van der Waals surface area contributed by atoms with E-state index in [1.165, 1.54) is 38.9 Å². The molecule has 1 aromatic carbocycles. The lowest BCUT2D eigenvalue weighted by atomic mass is 10.1. The summed E-state index contributed by atoms with van der Waals surface area (Å²) < 4.78 is 0. The summed E-state index contributed by atoms with van der Waals surface area (Å²) >= 11 is 0. The summed E-state index contributed by atoms with van der Waals surface area (Å²) in [7, 11) is 0. The first-order valence-electron chi connectivity index (χ1n) is 10.1. The van der Waals surface area contributed by atoms with E-state index in [9.17, 15) is 5.11 Å². The van der Waals surface area contributed by atoms with Crippen LogP contribution in [0.4, 0.5) is 0 Å². The molecule has 2 aliphatic rings. The van der Waals surface area contributed by atoms with Crippen molar-refractivity contribution >= 4 is 5.96 Å². The molecule has 144 valence electrons. The average Bonchev–Trinajstić information content (AvgIpc) is 3.29. The molecule has 2 heterocycles. The lowest BCUT2D eigenvalue weighted by molar-refractivity contribution is 0.281. The fourth-order valence-electron chi connectivity index (χ4n) is 4.23. The van der Waals surface area contributed by atoms with Gasteiger partial charge in [0.2, 0.25) is 0 Å². The standard InChI is InChI=1S/C21H34N4O/c1-4-22-21(23-13-19-11-16(2)20(26)17(3)12-19)25-10-7-18(15-25)14-24-8-5-6-9-24/h11-12,18,26H,4-10,13-15H2,1-3H3,(H,22,23). The smallest absolute Gasteiger partial charge is 0.194 e. The second kappa shape index (κ2) is 8.76. The van der Waals surface area contributed by atoms with Gasteiger partial charge in [-0.3, -0.25) is 0 Å². The molecular formula is C21H34N4O. The highest BCUT2D eigenvalue weighted by molar-refractivity contribution is 5.80. The van der Waals surface area contributed by atoms with E-state index < -0.39 is 0 Å². The Morgan fingerprint density at radius 1 is 1.19 bits per heavy atom. The maximum absolute atomic E-state index is 9.95. The maximum Gasteiger partial charge on any atom is 0.194 e. The number of hydrogen-bond acceptors (Lipinski definition) is 3. The number of likely N-dealkylation sites (tertiary alicyclic amines) is 2. The van der Waals surface area contributed by atoms with Crippen LogP contribution in [0.25, 0.3) is 0 Å². The van der Waals surface area contributed by atoms with Crippen molar-refractivity contribution in [2.24, 2.45) is 10.9 Å². The fourth-order valence-corrected chi connectivity index (χ4v) is 4.23. The zero-order chi connectivity index (χ0) is 18.5. The summed E-state index contributed by atoms with van der Waals surface area (Å²) in [6, 6.07) is 4.07. The molecule has 5 heteroatoms. The highest BCUT2D eigenvalue weighted by Crippen LogP contribution is 2.24. The van der Waals surface area contributed by atoms with Gasteiger partial charge < -0.3 is 20.2 Å². The van der Waals surface area contributed by atoms with E-state index in [-0.39, 0.29) is 0 Å². The van der Waals surface area contributed by atoms with Crippen molar-refractivity contribution in [1.82, 2.24) is 15.1 Å². The molecular weight excluding hydrogens is 324 g/mol. The van der Waals surface area contributed by atoms with Gasteiger partial charge in [0, 0.05) is 26.2 Å². The summed E-state index contributed by atoms with van der Waals surface area (Å²) in [5, 5.41) is 13.4. The molecule has 1 aromatic rings. The lowest BCUT2D eigenvalue weighted by Crippen LogP contribution is -2.40. The largest absolute Gasteiger partial charge is 0.507 e. The second-order valence-electron chi connectivity index (χ2n) is 7.86. The number of phenols is 1. The zero-order valence-corrected chi connectivity index (χ0v) is 16.6. The highest BCUT2D eigenvalue weighted by Gasteiger charge is 2.27. The zero-order valence-electron chi connectivity index (χ0n) is 16.6. The number of benzene rings is 1. The number of aryl methyl sites for hydroxylation is 2. The molecule has 2 N–H and O–H groups in total. The van der Waals surface area contributed by atoms with Crippen LogP contribution >= 0.6 is 0 Å². The highest BCUT2D eigenvalue weighted by atomic mass is 16.3. The number of nitrogens with one attached hydrogen (secondary N) is 1. The maximum atomic E-state index is 9.95. The van der Waals surface area contributed by atoms with E-state index in [0.717, 1.165) is 48.2 Å². The predicted octanol–water partition coefficient (Wildman–Crippen LogP) is 2.89. The Hall–Kier alpha value is -1.75. The van der Waals surface area contributed by atoms with Crippen molar-refractivity contribution in [2.45, 2.75) is 46.6 Å². The normalized spacial score (nSPS) is 21.6. The molecule has 2 fully saturated rings. The Balaban J connectivity index is 1.62. The van der Waals surface area contributed by atoms with Crippen LogP contribution in [0.1, 0.15) is 42.9 Å². The second-order valence-corrected chi connectivity index (χ2v) is 7.86. The first kappa shape index (κ1) is 19.0. The monoisotopic (exact) mass is 358 g/mol. The molecule has 0 bridgehead atoms. The first-order valence-corrected chi connectivity index (χ1v) is 10.1. The van der Waals surface area contributed by atoms with Gasteiger partial charge in [0.05, 0.1) is 6.54 Å². The summed E-state index contributed by atoms with van der Waals surface area (Å²) in [5.74, 6) is 2.18. The van der Waals surface area contributed by atoms with E-state index in [1.54, 1.807) is 0 Å². The number of aliphatic imine (C=N–C) groups is 1. The summed E-state index contributed by atoms with van der Waals surface area (Å²) in [4.78, 5) is 9.93. The van der Waals surface area contributed by atoms with Crippen molar-refractivity contribution in [2.75, 3.05) is 39.3 Å². The minimum absolute atomic E-state index is 0.397. The molecule has 0 amide bonds. The van der Waals surface area contributed by atoms with Crippen LogP contribution in [-0.4, -0.2) is 60.1 Å². The van der Waals surface area contributed by atoms with Gasteiger partial charge in [-0.25, -0.2) is 4.99 Å². The third-order valence-corrected chi connectivity index (χ3v) is 5.60. The Kier molecular flexibility index (Phi) is 6.41. The minimum atomic E-state index is 0.397. The van der Waals surface area contributed by atoms with Crippen LogP contribution in [0.2, 0.25) is 0 Å². The molecule has 5 nitrogen and oxygen atoms in total. The van der Waals surface area contributed by atoms with Crippen LogP contribution in [0, 0.1) is 19.8 Å². The van der Waals surface area contributed by atoms with Crippen LogP contribution in [0.5, 0.6) is 5.75 Å². The molecule has 26 heavy (non-hydrogen) atoms. The van der Waals surface area contributed by atoms with Gasteiger partial charge in [0.15, 0.2) is 5.96 Å². The van der Waals surface area contributed by atoms with Crippen molar-refractivity contribution in [3.63, 3.8) is 0 Å². The number of hydrogen-bond donors (Lipinski definition) is 2. The fraction of sp³-hybridized carbons (Fsp3) is 0.667. The molecule has 1 unspecified atom stereocenters. The molecule has 0 aromatic heterocycles. The van der Waals surface area contributed by atoms with Crippen LogP contribution in [-0.2, 0) is 6.54 Å². The summed E-state index contributed by atoms with van der Waals surface area (Å²) in [6.07, 6.45) is 4.00. The third-order valence-electron chi connectivity index (χ3n) is 5.60. The summed E-state index contributed by atoms with van der Waals surface area (Å²) in [6.45, 7) is 13.6. The SMILES string of the molecule is CCNC(=NCc1cc(C)c(O)c(C)c1)N1CCC(CN2CCCC2)C1. The number of nitrogens with zero attached hydrogens (tertiary/aromatic N) is 3. The van der Waals surface area contributed by atoms with Gasteiger partial charge in [-0.05, 0) is 75.7 Å². The van der Waals surface area contributed by atoms with Gasteiger partial charge in [0.1, 0.15) is 5.75 Å². The van der Waals surface area contributed by atoms with E-state index in [2.05, 4.69) is 22.0 Å². The van der Waals surface area contributed by atoms with Gasteiger partial charge in [0.25, 0.3) is 0 Å². The van der Waals surface area contributed by atoms with Gasteiger partial charge >= 0.3 is 0 Å². The molecule has 2 aliphatic heterocycles. The average molecular weight is 359 g/mol.